The lowest BCUT2D eigenvalue weighted by Gasteiger charge is -1.94. The van der Waals surface area contributed by atoms with E-state index < -0.39 is 5.91 Å². The van der Waals surface area contributed by atoms with E-state index in [4.69, 9.17) is 10.6 Å². The number of amides is 1. The fourth-order valence-corrected chi connectivity index (χ4v) is 0.724. The van der Waals surface area contributed by atoms with Gasteiger partial charge >= 0.3 is 0 Å². The molecule has 0 radical (unpaired) electrons. The molecule has 0 atom stereocenters. The smallest absolute Gasteiger partial charge is 0.285 e. The van der Waals surface area contributed by atoms with Crippen molar-refractivity contribution in [1.82, 2.24) is 15.6 Å². The molecule has 0 fully saturated rings. The van der Waals surface area contributed by atoms with Crippen LogP contribution in [0.25, 0.3) is 0 Å². The number of carbonyl (C=O) groups is 1. The number of nitrogens with one attached hydrogen (secondary N) is 2. The summed E-state index contributed by atoms with van der Waals surface area (Å²) in [7, 11) is 0. The van der Waals surface area contributed by atoms with Crippen LogP contribution >= 0.6 is 0 Å². The van der Waals surface area contributed by atoms with Crippen molar-refractivity contribution in [1.29, 1.82) is 0 Å². The van der Waals surface area contributed by atoms with Crippen LogP contribution in [0.2, 0.25) is 0 Å². The number of hydrazine groups is 1. The fourth-order valence-electron chi connectivity index (χ4n) is 0.724. The Morgan fingerprint density at radius 1 is 1.92 bits per heavy atom. The van der Waals surface area contributed by atoms with Crippen LogP contribution in [0.1, 0.15) is 17.4 Å². The number of nitrogens with zero attached hydrogens (tertiary/aromatic N) is 1. The number of H-pyrrole nitrogens is 1. The van der Waals surface area contributed by atoms with Gasteiger partial charge in [-0.1, -0.05) is 0 Å². The Hall–Kier alpha value is -1.56. The van der Waals surface area contributed by atoms with E-state index in [2.05, 4.69) is 10.2 Å². The van der Waals surface area contributed by atoms with E-state index in [0.29, 0.717) is 12.5 Å². The number of rotatable bonds is 3. The molecule has 0 saturated heterocycles. The average molecular weight is 170 g/mol. The van der Waals surface area contributed by atoms with Crippen molar-refractivity contribution in [3.05, 3.63) is 11.8 Å². The van der Waals surface area contributed by atoms with Crippen LogP contribution in [0.3, 0.4) is 0 Å². The van der Waals surface area contributed by atoms with Crippen molar-refractivity contribution in [2.75, 3.05) is 6.61 Å². The van der Waals surface area contributed by atoms with Crippen LogP contribution in [-0.4, -0.2) is 22.7 Å². The van der Waals surface area contributed by atoms with Crippen LogP contribution in [-0.2, 0) is 0 Å². The first-order valence-electron chi connectivity index (χ1n) is 3.47. The number of aromatic amines is 1. The Bertz CT molecular complexity index is 270. The molecule has 0 aliphatic heterocycles. The first-order chi connectivity index (χ1) is 5.77. The molecule has 4 N–H and O–H groups in total. The summed E-state index contributed by atoms with van der Waals surface area (Å²) >= 11 is 0. The summed E-state index contributed by atoms with van der Waals surface area (Å²) in [4.78, 5) is 10.9. The Kier molecular flexibility index (Phi) is 2.65. The molecule has 0 aliphatic rings. The Balaban J connectivity index is 2.70. The third-order valence-electron chi connectivity index (χ3n) is 1.22. The highest BCUT2D eigenvalue weighted by atomic mass is 16.5. The molecule has 1 aromatic heterocycles. The molecule has 0 saturated carbocycles. The molecule has 1 aromatic rings. The van der Waals surface area contributed by atoms with Gasteiger partial charge in [-0.3, -0.25) is 10.2 Å². The predicted octanol–water partition coefficient (Wildman–Crippen LogP) is -0.588. The quantitative estimate of drug-likeness (QED) is 0.321. The van der Waals surface area contributed by atoms with Crippen LogP contribution < -0.4 is 16.0 Å². The highest BCUT2D eigenvalue weighted by Crippen LogP contribution is 2.06. The molecule has 1 heterocycles. The van der Waals surface area contributed by atoms with Crippen molar-refractivity contribution >= 4 is 5.91 Å². The summed E-state index contributed by atoms with van der Waals surface area (Å²) in [5, 5.41) is 6.20. The van der Waals surface area contributed by atoms with E-state index in [1.54, 1.807) is 0 Å². The lowest BCUT2D eigenvalue weighted by atomic mass is 10.4. The number of hydrogen-bond acceptors (Lipinski definition) is 4. The Morgan fingerprint density at radius 2 is 2.67 bits per heavy atom. The van der Waals surface area contributed by atoms with Gasteiger partial charge in [0.05, 0.1) is 6.61 Å². The van der Waals surface area contributed by atoms with Gasteiger partial charge in [0.1, 0.15) is 0 Å². The van der Waals surface area contributed by atoms with E-state index in [-0.39, 0.29) is 5.69 Å². The Labute approximate surface area is 69.1 Å². The fraction of sp³-hybridized carbons (Fsp3) is 0.333. The van der Waals surface area contributed by atoms with Gasteiger partial charge in [0.15, 0.2) is 5.69 Å². The number of carbonyl (C=O) groups excluding carboxylic acids is 1. The largest absolute Gasteiger partial charge is 0.478 e. The normalized spacial score (nSPS) is 9.50. The zero-order valence-electron chi connectivity index (χ0n) is 6.63. The molecule has 1 amide bonds. The molecule has 1 rings (SSSR count). The summed E-state index contributed by atoms with van der Waals surface area (Å²) < 4.78 is 5.04. The number of nitrogen functional groups attached to an aromatic ring is 1. The molecule has 0 unspecified atom stereocenters. The number of aromatic nitrogens is 2. The summed E-state index contributed by atoms with van der Waals surface area (Å²) in [5.74, 6) is 4.90. The van der Waals surface area contributed by atoms with Gasteiger partial charge in [-0.15, -0.1) is 0 Å². The maximum absolute atomic E-state index is 10.9. The lowest BCUT2D eigenvalue weighted by Crippen LogP contribution is -2.30. The highest BCUT2D eigenvalue weighted by Gasteiger charge is 2.08. The van der Waals surface area contributed by atoms with Gasteiger partial charge in [0.25, 0.3) is 5.91 Å². The van der Waals surface area contributed by atoms with Gasteiger partial charge in [0.2, 0.25) is 5.88 Å². The van der Waals surface area contributed by atoms with E-state index in [1.807, 2.05) is 12.3 Å². The first kappa shape index (κ1) is 8.54. The minimum Gasteiger partial charge on any atom is -0.478 e. The monoisotopic (exact) mass is 170 g/mol. The maximum Gasteiger partial charge on any atom is 0.285 e. The predicted molar refractivity (Wildman–Crippen MR) is 41.4 cm³/mol. The van der Waals surface area contributed by atoms with E-state index in [9.17, 15) is 4.79 Å². The minimum absolute atomic E-state index is 0.209. The molecule has 0 aliphatic carbocycles. The summed E-state index contributed by atoms with van der Waals surface area (Å²) in [6.07, 6.45) is 0. The first-order valence-corrected chi connectivity index (χ1v) is 3.47. The van der Waals surface area contributed by atoms with Crippen molar-refractivity contribution in [3.63, 3.8) is 0 Å². The van der Waals surface area contributed by atoms with Crippen LogP contribution in [0.4, 0.5) is 0 Å². The molecule has 6 nitrogen and oxygen atoms in total. The molecule has 66 valence electrons. The SMILES string of the molecule is CCOc1cc(C(=O)NN)n[nH]1. The number of ether oxygens (including phenoxy) is 1. The van der Waals surface area contributed by atoms with Gasteiger partial charge in [-0.25, -0.2) is 10.9 Å². The molecular formula is C6H10N4O2. The second kappa shape index (κ2) is 3.72. The van der Waals surface area contributed by atoms with Crippen molar-refractivity contribution in [3.8, 4) is 5.88 Å². The van der Waals surface area contributed by atoms with Gasteiger partial charge in [-0.05, 0) is 6.92 Å². The highest BCUT2D eigenvalue weighted by molar-refractivity contribution is 5.91. The molecule has 0 aromatic carbocycles. The van der Waals surface area contributed by atoms with Gasteiger partial charge in [-0.2, -0.15) is 5.10 Å². The maximum atomic E-state index is 10.9. The van der Waals surface area contributed by atoms with E-state index in [0.717, 1.165) is 0 Å². The molecule has 6 heteroatoms. The Morgan fingerprint density at radius 3 is 3.25 bits per heavy atom. The van der Waals surface area contributed by atoms with Crippen LogP contribution in [0.15, 0.2) is 6.07 Å². The topological polar surface area (TPSA) is 93.0 Å². The average Bonchev–Trinajstić information content (AvgIpc) is 2.52. The summed E-state index contributed by atoms with van der Waals surface area (Å²) in [6, 6.07) is 1.48. The lowest BCUT2D eigenvalue weighted by molar-refractivity contribution is 0.0948. The van der Waals surface area contributed by atoms with E-state index >= 15 is 0 Å². The van der Waals surface area contributed by atoms with Gasteiger partial charge < -0.3 is 4.74 Å². The third kappa shape index (κ3) is 1.73. The van der Waals surface area contributed by atoms with Crippen molar-refractivity contribution in [2.24, 2.45) is 5.84 Å². The standard InChI is InChI=1S/C6H10N4O2/c1-2-12-5-3-4(9-10-5)6(11)8-7/h3H,2,7H2,1H3,(H,8,11)(H,9,10). The number of nitrogens with two attached hydrogens (primary N) is 1. The van der Waals surface area contributed by atoms with Crippen molar-refractivity contribution in [2.45, 2.75) is 6.92 Å². The van der Waals surface area contributed by atoms with Crippen LogP contribution in [0, 0.1) is 0 Å². The van der Waals surface area contributed by atoms with Crippen molar-refractivity contribution < 1.29 is 9.53 Å². The molecule has 12 heavy (non-hydrogen) atoms. The summed E-state index contributed by atoms with van der Waals surface area (Å²) in [5.41, 5.74) is 2.17. The minimum atomic E-state index is -0.447. The second-order valence-corrected chi connectivity index (χ2v) is 2.02. The number of hydrogen-bond donors (Lipinski definition) is 3. The molecule has 0 bridgehead atoms. The zero-order valence-corrected chi connectivity index (χ0v) is 6.63. The molecule has 0 spiro atoms. The zero-order chi connectivity index (χ0) is 8.97. The summed E-state index contributed by atoms with van der Waals surface area (Å²) in [6.45, 7) is 2.36. The third-order valence-corrected chi connectivity index (χ3v) is 1.22. The van der Waals surface area contributed by atoms with Gasteiger partial charge in [0, 0.05) is 6.07 Å². The van der Waals surface area contributed by atoms with E-state index in [1.165, 1.54) is 6.07 Å². The van der Waals surface area contributed by atoms with Crippen LogP contribution in [0.5, 0.6) is 5.88 Å². The second-order valence-electron chi connectivity index (χ2n) is 2.02. The molecular weight excluding hydrogens is 160 g/mol.